The SMILES string of the molecule is O=C(Nc1ccccn1)N1CCN(Cc2cccc(OCCC3CCCCC3)c2)CC1. The molecule has 1 aromatic carbocycles. The summed E-state index contributed by atoms with van der Waals surface area (Å²) in [4.78, 5) is 20.8. The van der Waals surface area contributed by atoms with Crippen molar-refractivity contribution in [2.45, 2.75) is 45.1 Å². The number of amides is 2. The Balaban J connectivity index is 1.19. The highest BCUT2D eigenvalue weighted by Gasteiger charge is 2.21. The summed E-state index contributed by atoms with van der Waals surface area (Å²) in [6.45, 7) is 4.87. The third-order valence-corrected chi connectivity index (χ3v) is 6.38. The molecule has 2 aliphatic rings. The molecule has 31 heavy (non-hydrogen) atoms. The number of hydrogen-bond donors (Lipinski definition) is 1. The summed E-state index contributed by atoms with van der Waals surface area (Å²) in [7, 11) is 0. The molecule has 1 N–H and O–H groups in total. The Morgan fingerprint density at radius 1 is 1.03 bits per heavy atom. The van der Waals surface area contributed by atoms with Crippen LogP contribution in [0.4, 0.5) is 10.6 Å². The molecule has 2 aromatic rings. The van der Waals surface area contributed by atoms with E-state index >= 15 is 0 Å². The Morgan fingerprint density at radius 3 is 2.65 bits per heavy atom. The van der Waals surface area contributed by atoms with Crippen molar-refractivity contribution in [1.29, 1.82) is 0 Å². The van der Waals surface area contributed by atoms with Gasteiger partial charge in [0.25, 0.3) is 0 Å². The molecule has 0 radical (unpaired) electrons. The lowest BCUT2D eigenvalue weighted by atomic mass is 9.87. The predicted octanol–water partition coefficient (Wildman–Crippen LogP) is 4.78. The molecular weight excluding hydrogens is 388 g/mol. The van der Waals surface area contributed by atoms with Crippen molar-refractivity contribution in [2.24, 2.45) is 5.92 Å². The van der Waals surface area contributed by atoms with Crippen LogP contribution in [0.15, 0.2) is 48.7 Å². The molecule has 6 heteroatoms. The monoisotopic (exact) mass is 422 g/mol. The molecule has 2 heterocycles. The van der Waals surface area contributed by atoms with E-state index in [1.165, 1.54) is 44.1 Å². The number of benzene rings is 1. The third kappa shape index (κ3) is 6.69. The van der Waals surface area contributed by atoms with Gasteiger partial charge in [0, 0.05) is 38.9 Å². The summed E-state index contributed by atoms with van der Waals surface area (Å²) in [5.41, 5.74) is 1.27. The number of ether oxygens (including phenoxy) is 1. The zero-order chi connectivity index (χ0) is 21.3. The number of piperazine rings is 1. The maximum atomic E-state index is 12.4. The van der Waals surface area contributed by atoms with E-state index in [0.29, 0.717) is 5.82 Å². The summed E-state index contributed by atoms with van der Waals surface area (Å²) in [5.74, 6) is 2.42. The van der Waals surface area contributed by atoms with E-state index in [1.807, 2.05) is 17.0 Å². The predicted molar refractivity (Wildman–Crippen MR) is 123 cm³/mol. The molecule has 0 atom stereocenters. The lowest BCUT2D eigenvalue weighted by Gasteiger charge is -2.34. The second-order valence-electron chi connectivity index (χ2n) is 8.70. The molecule has 0 unspecified atom stereocenters. The van der Waals surface area contributed by atoms with E-state index in [-0.39, 0.29) is 6.03 Å². The molecule has 166 valence electrons. The summed E-state index contributed by atoms with van der Waals surface area (Å²) in [5, 5.41) is 2.87. The molecule has 1 aliphatic carbocycles. The third-order valence-electron chi connectivity index (χ3n) is 6.38. The van der Waals surface area contributed by atoms with Gasteiger partial charge in [0.2, 0.25) is 0 Å². The van der Waals surface area contributed by atoms with Crippen LogP contribution in [0.3, 0.4) is 0 Å². The van der Waals surface area contributed by atoms with E-state index in [9.17, 15) is 4.79 Å². The number of carbonyl (C=O) groups is 1. The van der Waals surface area contributed by atoms with Gasteiger partial charge in [-0.1, -0.05) is 50.3 Å². The first-order chi connectivity index (χ1) is 15.3. The summed E-state index contributed by atoms with van der Waals surface area (Å²) in [6.07, 6.45) is 9.78. The maximum absolute atomic E-state index is 12.4. The van der Waals surface area contributed by atoms with Crippen molar-refractivity contribution in [2.75, 3.05) is 38.1 Å². The fourth-order valence-corrected chi connectivity index (χ4v) is 4.55. The average Bonchev–Trinajstić information content (AvgIpc) is 2.81. The first-order valence-electron chi connectivity index (χ1n) is 11.7. The number of pyridine rings is 1. The minimum atomic E-state index is -0.0771. The van der Waals surface area contributed by atoms with Gasteiger partial charge >= 0.3 is 6.03 Å². The van der Waals surface area contributed by atoms with Crippen LogP contribution in [-0.2, 0) is 6.54 Å². The van der Waals surface area contributed by atoms with E-state index < -0.39 is 0 Å². The fourth-order valence-electron chi connectivity index (χ4n) is 4.55. The maximum Gasteiger partial charge on any atom is 0.323 e. The van der Waals surface area contributed by atoms with Gasteiger partial charge < -0.3 is 9.64 Å². The number of anilines is 1. The van der Waals surface area contributed by atoms with Gasteiger partial charge in [-0.2, -0.15) is 0 Å². The molecule has 1 saturated carbocycles. The smallest absolute Gasteiger partial charge is 0.323 e. The first-order valence-corrected chi connectivity index (χ1v) is 11.7. The zero-order valence-electron chi connectivity index (χ0n) is 18.3. The van der Waals surface area contributed by atoms with Gasteiger partial charge in [0.05, 0.1) is 6.61 Å². The van der Waals surface area contributed by atoms with Crippen LogP contribution in [-0.4, -0.2) is 53.6 Å². The van der Waals surface area contributed by atoms with Crippen molar-refractivity contribution in [1.82, 2.24) is 14.8 Å². The van der Waals surface area contributed by atoms with Gasteiger partial charge in [-0.15, -0.1) is 0 Å². The Kier molecular flexibility index (Phi) is 7.77. The molecule has 6 nitrogen and oxygen atoms in total. The van der Waals surface area contributed by atoms with Gasteiger partial charge in [0.1, 0.15) is 11.6 Å². The number of carbonyl (C=O) groups excluding carboxylic acids is 1. The molecule has 0 spiro atoms. The normalized spacial score (nSPS) is 18.0. The van der Waals surface area contributed by atoms with Gasteiger partial charge in [-0.05, 0) is 42.2 Å². The van der Waals surface area contributed by atoms with Crippen molar-refractivity contribution in [3.63, 3.8) is 0 Å². The second kappa shape index (κ2) is 11.1. The highest BCUT2D eigenvalue weighted by Crippen LogP contribution is 2.26. The highest BCUT2D eigenvalue weighted by atomic mass is 16.5. The second-order valence-corrected chi connectivity index (χ2v) is 8.70. The van der Waals surface area contributed by atoms with Crippen LogP contribution in [0.25, 0.3) is 0 Å². The fraction of sp³-hybridized carbons (Fsp3) is 0.520. The highest BCUT2D eigenvalue weighted by molar-refractivity contribution is 5.88. The Hall–Kier alpha value is -2.60. The average molecular weight is 423 g/mol. The molecule has 1 saturated heterocycles. The molecule has 1 aliphatic heterocycles. The van der Waals surface area contributed by atoms with Crippen molar-refractivity contribution >= 4 is 11.8 Å². The quantitative estimate of drug-likeness (QED) is 0.698. The van der Waals surface area contributed by atoms with Gasteiger partial charge in [-0.3, -0.25) is 10.2 Å². The van der Waals surface area contributed by atoms with Crippen LogP contribution in [0, 0.1) is 5.92 Å². The molecule has 0 bridgehead atoms. The number of urea groups is 1. The topological polar surface area (TPSA) is 57.7 Å². The number of rotatable bonds is 7. The molecule has 1 aromatic heterocycles. The minimum Gasteiger partial charge on any atom is -0.494 e. The largest absolute Gasteiger partial charge is 0.494 e. The van der Waals surface area contributed by atoms with Crippen molar-refractivity contribution < 1.29 is 9.53 Å². The van der Waals surface area contributed by atoms with Crippen LogP contribution in [0.2, 0.25) is 0 Å². The standard InChI is InChI=1S/C25H34N4O2/c30-25(27-24-11-4-5-13-26-24)29-16-14-28(15-17-29)20-22-9-6-10-23(19-22)31-18-12-21-7-2-1-3-8-21/h4-6,9-11,13,19,21H,1-3,7-8,12,14-18,20H2,(H,26,27,30). The van der Waals surface area contributed by atoms with Crippen LogP contribution < -0.4 is 10.1 Å². The number of aromatic nitrogens is 1. The van der Waals surface area contributed by atoms with E-state index in [4.69, 9.17) is 4.74 Å². The lowest BCUT2D eigenvalue weighted by Crippen LogP contribution is -2.49. The minimum absolute atomic E-state index is 0.0771. The zero-order valence-corrected chi connectivity index (χ0v) is 18.3. The van der Waals surface area contributed by atoms with Gasteiger partial charge in [-0.25, -0.2) is 9.78 Å². The van der Waals surface area contributed by atoms with Crippen molar-refractivity contribution in [3.05, 3.63) is 54.2 Å². The molecule has 4 rings (SSSR count). The first kappa shape index (κ1) is 21.6. The van der Waals surface area contributed by atoms with Crippen LogP contribution in [0.1, 0.15) is 44.1 Å². The Bertz CT molecular complexity index is 815. The lowest BCUT2D eigenvalue weighted by molar-refractivity contribution is 0.143. The van der Waals surface area contributed by atoms with Crippen LogP contribution >= 0.6 is 0 Å². The number of hydrogen-bond acceptors (Lipinski definition) is 4. The van der Waals surface area contributed by atoms with Gasteiger partial charge in [0.15, 0.2) is 0 Å². The van der Waals surface area contributed by atoms with Crippen LogP contribution in [0.5, 0.6) is 5.75 Å². The summed E-state index contributed by atoms with van der Waals surface area (Å²) >= 11 is 0. The van der Waals surface area contributed by atoms with E-state index in [0.717, 1.165) is 51.0 Å². The van der Waals surface area contributed by atoms with E-state index in [1.54, 1.807) is 12.3 Å². The summed E-state index contributed by atoms with van der Waals surface area (Å²) in [6, 6.07) is 13.9. The van der Waals surface area contributed by atoms with E-state index in [2.05, 4.69) is 39.5 Å². The summed E-state index contributed by atoms with van der Waals surface area (Å²) < 4.78 is 6.06. The number of nitrogens with zero attached hydrogens (tertiary/aromatic N) is 3. The molecule has 2 amide bonds. The molecular formula is C25H34N4O2. The Labute approximate surface area is 185 Å². The van der Waals surface area contributed by atoms with Crippen molar-refractivity contribution in [3.8, 4) is 5.75 Å². The Morgan fingerprint density at radius 2 is 1.87 bits per heavy atom. The molecule has 2 fully saturated rings. The number of nitrogens with one attached hydrogen (secondary N) is 1.